The summed E-state index contributed by atoms with van der Waals surface area (Å²) in [5.41, 5.74) is 2.10. The number of carbonyl (C=O) groups excluding carboxylic acids is 1. The van der Waals surface area contributed by atoms with Gasteiger partial charge in [0.05, 0.1) is 11.4 Å². The maximum atomic E-state index is 12.3. The number of nitrogens with zero attached hydrogens (tertiary/aromatic N) is 2. The van der Waals surface area contributed by atoms with Crippen molar-refractivity contribution < 1.29 is 4.79 Å². The molecule has 1 aliphatic heterocycles. The lowest BCUT2D eigenvalue weighted by Gasteiger charge is -2.36. The van der Waals surface area contributed by atoms with Crippen LogP contribution in [0.4, 0.5) is 11.4 Å². The number of hydrogen-bond donors (Lipinski definition) is 1. The zero-order valence-corrected chi connectivity index (χ0v) is 14.8. The van der Waals surface area contributed by atoms with Crippen molar-refractivity contribution in [1.82, 2.24) is 4.90 Å². The molecule has 1 unspecified atom stereocenters. The summed E-state index contributed by atoms with van der Waals surface area (Å²) in [5, 5.41) is 3.13. The summed E-state index contributed by atoms with van der Waals surface area (Å²) in [6.07, 6.45) is 2.84. The molecule has 23 heavy (non-hydrogen) atoms. The van der Waals surface area contributed by atoms with Gasteiger partial charge in [-0.05, 0) is 24.6 Å². The average Bonchev–Trinajstić information content (AvgIpc) is 2.55. The lowest BCUT2D eigenvalue weighted by molar-refractivity contribution is -0.117. The van der Waals surface area contributed by atoms with E-state index in [-0.39, 0.29) is 5.91 Å². The number of nitrogens with one attached hydrogen (secondary N) is 1. The highest BCUT2D eigenvalue weighted by Gasteiger charge is 2.19. The van der Waals surface area contributed by atoms with E-state index in [2.05, 4.69) is 48.0 Å². The van der Waals surface area contributed by atoms with Gasteiger partial charge in [0, 0.05) is 32.6 Å². The molecule has 1 aromatic carbocycles. The molecular formula is C19H31N3O. The monoisotopic (exact) mass is 317 g/mol. The fraction of sp³-hybridized carbons (Fsp3) is 0.632. The van der Waals surface area contributed by atoms with Crippen LogP contribution in [0.15, 0.2) is 24.3 Å². The Hall–Kier alpha value is -1.55. The molecule has 0 saturated carbocycles. The van der Waals surface area contributed by atoms with Crippen molar-refractivity contribution in [2.45, 2.75) is 40.0 Å². The van der Waals surface area contributed by atoms with E-state index in [1.54, 1.807) is 0 Å². The number of para-hydroxylation sites is 2. The Bertz CT molecular complexity index is 495. The first kappa shape index (κ1) is 17.8. The van der Waals surface area contributed by atoms with Crippen LogP contribution in [-0.4, -0.2) is 43.5 Å². The molecule has 1 heterocycles. The van der Waals surface area contributed by atoms with Crippen molar-refractivity contribution in [2.24, 2.45) is 5.92 Å². The molecule has 0 radical (unpaired) electrons. The third-order valence-corrected chi connectivity index (χ3v) is 4.65. The lowest BCUT2D eigenvalue weighted by atomic mass is 10.0. The van der Waals surface area contributed by atoms with E-state index < -0.39 is 0 Å². The maximum Gasteiger partial charge on any atom is 0.224 e. The van der Waals surface area contributed by atoms with Gasteiger partial charge in [-0.25, -0.2) is 0 Å². The van der Waals surface area contributed by atoms with Crippen LogP contribution in [0.2, 0.25) is 0 Å². The summed E-state index contributed by atoms with van der Waals surface area (Å²) < 4.78 is 0. The summed E-state index contributed by atoms with van der Waals surface area (Å²) in [4.78, 5) is 17.1. The zero-order chi connectivity index (χ0) is 16.7. The molecule has 1 aliphatic rings. The molecule has 1 amide bonds. The van der Waals surface area contributed by atoms with Gasteiger partial charge in [0.25, 0.3) is 0 Å². The quantitative estimate of drug-likeness (QED) is 0.835. The molecular weight excluding hydrogens is 286 g/mol. The van der Waals surface area contributed by atoms with Gasteiger partial charge in [-0.1, -0.05) is 45.7 Å². The molecule has 1 atom stereocenters. The second kappa shape index (κ2) is 8.92. The summed E-state index contributed by atoms with van der Waals surface area (Å²) in [7, 11) is 0. The minimum Gasteiger partial charge on any atom is -0.367 e. The van der Waals surface area contributed by atoms with Crippen molar-refractivity contribution in [2.75, 3.05) is 42.9 Å². The van der Waals surface area contributed by atoms with E-state index in [1.807, 2.05) is 12.1 Å². The van der Waals surface area contributed by atoms with Crippen LogP contribution in [0.5, 0.6) is 0 Å². The number of hydrogen-bond acceptors (Lipinski definition) is 3. The number of carbonyl (C=O) groups is 1. The van der Waals surface area contributed by atoms with E-state index in [9.17, 15) is 4.79 Å². The topological polar surface area (TPSA) is 35.6 Å². The van der Waals surface area contributed by atoms with Crippen LogP contribution < -0.4 is 10.2 Å². The summed E-state index contributed by atoms with van der Waals surface area (Å²) >= 11 is 0. The minimum atomic E-state index is 0.130. The first-order valence-electron chi connectivity index (χ1n) is 9.00. The first-order valence-corrected chi connectivity index (χ1v) is 9.00. The van der Waals surface area contributed by atoms with Gasteiger partial charge in [-0.15, -0.1) is 0 Å². The zero-order valence-electron chi connectivity index (χ0n) is 14.8. The molecule has 128 valence electrons. The molecule has 2 rings (SSSR count). The molecule has 0 spiro atoms. The van der Waals surface area contributed by atoms with E-state index in [4.69, 9.17) is 0 Å². The van der Waals surface area contributed by atoms with Crippen LogP contribution >= 0.6 is 0 Å². The number of benzene rings is 1. The van der Waals surface area contributed by atoms with Crippen molar-refractivity contribution >= 4 is 17.3 Å². The van der Waals surface area contributed by atoms with Crippen LogP contribution in [0.3, 0.4) is 0 Å². The van der Waals surface area contributed by atoms with Crippen molar-refractivity contribution in [3.63, 3.8) is 0 Å². The normalized spacial score (nSPS) is 17.1. The Morgan fingerprint density at radius 1 is 1.17 bits per heavy atom. The Kier molecular flexibility index (Phi) is 6.90. The Labute approximate surface area is 140 Å². The summed E-state index contributed by atoms with van der Waals surface area (Å²) in [5.74, 6) is 0.575. The molecule has 1 fully saturated rings. The van der Waals surface area contributed by atoms with E-state index in [1.165, 1.54) is 0 Å². The first-order chi connectivity index (χ1) is 11.1. The van der Waals surface area contributed by atoms with Crippen LogP contribution in [0.1, 0.15) is 40.0 Å². The minimum absolute atomic E-state index is 0.130. The highest BCUT2D eigenvalue weighted by atomic mass is 16.1. The number of likely N-dealkylation sites (N-methyl/N-ethyl adjacent to an activating group) is 1. The Morgan fingerprint density at radius 3 is 2.52 bits per heavy atom. The van der Waals surface area contributed by atoms with Crippen molar-refractivity contribution in [3.05, 3.63) is 24.3 Å². The highest BCUT2D eigenvalue weighted by molar-refractivity contribution is 5.94. The molecule has 4 nitrogen and oxygen atoms in total. The predicted octanol–water partition coefficient (Wildman–Crippen LogP) is 3.59. The molecule has 1 saturated heterocycles. The largest absolute Gasteiger partial charge is 0.367 e. The number of rotatable bonds is 7. The van der Waals surface area contributed by atoms with Gasteiger partial charge in [-0.2, -0.15) is 0 Å². The molecule has 0 aliphatic carbocycles. The SMILES string of the molecule is CCCC(C)CC(=O)Nc1ccccc1N1CCN(CC)CC1. The van der Waals surface area contributed by atoms with Gasteiger partial charge in [0.15, 0.2) is 0 Å². The average molecular weight is 317 g/mol. The number of amides is 1. The van der Waals surface area contributed by atoms with Crippen LogP contribution in [0.25, 0.3) is 0 Å². The third-order valence-electron chi connectivity index (χ3n) is 4.65. The van der Waals surface area contributed by atoms with E-state index in [0.717, 1.165) is 56.9 Å². The second-order valence-corrected chi connectivity index (χ2v) is 6.58. The molecule has 1 aromatic rings. The number of anilines is 2. The van der Waals surface area contributed by atoms with Gasteiger partial charge in [0.2, 0.25) is 5.91 Å². The Morgan fingerprint density at radius 2 is 1.87 bits per heavy atom. The maximum absolute atomic E-state index is 12.3. The van der Waals surface area contributed by atoms with Crippen LogP contribution in [-0.2, 0) is 4.79 Å². The predicted molar refractivity (Wildman–Crippen MR) is 98.1 cm³/mol. The van der Waals surface area contributed by atoms with Gasteiger partial charge in [0.1, 0.15) is 0 Å². The van der Waals surface area contributed by atoms with Crippen LogP contribution in [0, 0.1) is 5.92 Å². The molecule has 4 heteroatoms. The van der Waals surface area contributed by atoms with Crippen molar-refractivity contribution in [1.29, 1.82) is 0 Å². The fourth-order valence-corrected chi connectivity index (χ4v) is 3.27. The summed E-state index contributed by atoms with van der Waals surface area (Å²) in [6.45, 7) is 11.9. The Balaban J connectivity index is 1.99. The van der Waals surface area contributed by atoms with E-state index in [0.29, 0.717) is 12.3 Å². The number of piperazine rings is 1. The third kappa shape index (κ3) is 5.24. The lowest BCUT2D eigenvalue weighted by Crippen LogP contribution is -2.46. The second-order valence-electron chi connectivity index (χ2n) is 6.58. The van der Waals surface area contributed by atoms with Gasteiger partial charge < -0.3 is 15.1 Å². The molecule has 0 aromatic heterocycles. The van der Waals surface area contributed by atoms with Gasteiger partial charge >= 0.3 is 0 Å². The fourth-order valence-electron chi connectivity index (χ4n) is 3.27. The van der Waals surface area contributed by atoms with Crippen molar-refractivity contribution in [3.8, 4) is 0 Å². The highest BCUT2D eigenvalue weighted by Crippen LogP contribution is 2.27. The summed E-state index contributed by atoms with van der Waals surface area (Å²) in [6, 6.07) is 8.18. The molecule has 0 bridgehead atoms. The van der Waals surface area contributed by atoms with Gasteiger partial charge in [-0.3, -0.25) is 4.79 Å². The van der Waals surface area contributed by atoms with E-state index >= 15 is 0 Å². The molecule has 1 N–H and O–H groups in total. The smallest absolute Gasteiger partial charge is 0.224 e. The standard InChI is InChI=1S/C19H31N3O/c1-4-8-16(3)15-19(23)20-17-9-6-7-10-18(17)22-13-11-21(5-2)12-14-22/h6-7,9-10,16H,4-5,8,11-15H2,1-3H3,(H,20,23).